The van der Waals surface area contributed by atoms with E-state index in [1.54, 1.807) is 0 Å². The van der Waals surface area contributed by atoms with Gasteiger partial charge in [0.2, 0.25) is 0 Å². The normalized spacial score (nSPS) is 18.2. The lowest BCUT2D eigenvalue weighted by molar-refractivity contribution is 0.00578. The van der Waals surface area contributed by atoms with E-state index >= 15 is 0 Å². The minimum atomic E-state index is -0.502. The van der Waals surface area contributed by atoms with Gasteiger partial charge in [-0.15, -0.1) is 0 Å². The molecule has 2 aliphatic heterocycles. The lowest BCUT2D eigenvalue weighted by Gasteiger charge is -2.34. The first kappa shape index (κ1) is 25.4. The summed E-state index contributed by atoms with van der Waals surface area (Å²) in [5, 5.41) is 0. The molecule has 0 amide bonds. The van der Waals surface area contributed by atoms with E-state index in [1.807, 2.05) is 18.2 Å². The molecule has 8 rings (SSSR count). The summed E-state index contributed by atoms with van der Waals surface area (Å²) in [5.41, 5.74) is 6.75. The van der Waals surface area contributed by atoms with E-state index < -0.39 is 23.7 Å². The predicted molar refractivity (Wildman–Crippen MR) is 166 cm³/mol. The van der Waals surface area contributed by atoms with Crippen molar-refractivity contribution in [2.24, 2.45) is 0 Å². The van der Waals surface area contributed by atoms with Gasteiger partial charge in [-0.1, -0.05) is 91.0 Å². The molecule has 1 aliphatic carbocycles. The van der Waals surface area contributed by atoms with Gasteiger partial charge in [0.05, 0.1) is 16.6 Å². The van der Waals surface area contributed by atoms with Crippen LogP contribution in [0.4, 0.5) is 0 Å². The monoisotopic (exact) mass is 550 g/mol. The van der Waals surface area contributed by atoms with Gasteiger partial charge >= 0.3 is 7.12 Å². The van der Waals surface area contributed by atoms with Crippen LogP contribution < -0.4 is 14.9 Å². The summed E-state index contributed by atoms with van der Waals surface area (Å²) >= 11 is 0. The van der Waals surface area contributed by atoms with Gasteiger partial charge in [0.1, 0.15) is 0 Å². The van der Waals surface area contributed by atoms with Crippen LogP contribution >= 0.6 is 0 Å². The third-order valence-corrected chi connectivity index (χ3v) is 9.46. The summed E-state index contributed by atoms with van der Waals surface area (Å²) in [6.07, 6.45) is 0. The number of fused-ring (bicyclic) bond motifs is 5. The standard InChI is InChI=1S/C37H31BO4/c1-35(2)36(3,4)42-38(41-35)26-19-20-31-32(21-26)40-34-23-30-28(22-33(34)39-31)27-17-11-12-18-29(27)37(30,24-13-7-5-8-14-24)25-15-9-6-10-16-25/h5-23H,1-4H3. The van der Waals surface area contributed by atoms with Crippen LogP contribution in [-0.4, -0.2) is 18.3 Å². The maximum absolute atomic E-state index is 6.63. The van der Waals surface area contributed by atoms with Crippen molar-refractivity contribution in [3.63, 3.8) is 0 Å². The zero-order valence-corrected chi connectivity index (χ0v) is 24.2. The first-order chi connectivity index (χ1) is 20.3. The summed E-state index contributed by atoms with van der Waals surface area (Å²) in [5.74, 6) is 2.72. The summed E-state index contributed by atoms with van der Waals surface area (Å²) in [6.45, 7) is 8.24. The zero-order chi connectivity index (χ0) is 28.7. The second-order valence-electron chi connectivity index (χ2n) is 12.4. The van der Waals surface area contributed by atoms with Crippen molar-refractivity contribution in [1.29, 1.82) is 0 Å². The minimum Gasteiger partial charge on any atom is -0.450 e. The number of hydrogen-bond acceptors (Lipinski definition) is 4. The molecule has 0 aromatic heterocycles. The fourth-order valence-electron chi connectivity index (χ4n) is 6.66. The first-order valence-electron chi connectivity index (χ1n) is 14.5. The molecule has 206 valence electrons. The smallest absolute Gasteiger partial charge is 0.450 e. The van der Waals surface area contributed by atoms with E-state index in [0.717, 1.165) is 11.0 Å². The summed E-state index contributed by atoms with van der Waals surface area (Å²) in [7, 11) is -0.483. The molecule has 5 aromatic carbocycles. The molecule has 5 heteroatoms. The Balaban J connectivity index is 1.28. The lowest BCUT2D eigenvalue weighted by Crippen LogP contribution is -2.41. The first-order valence-corrected chi connectivity index (χ1v) is 14.5. The van der Waals surface area contributed by atoms with E-state index in [9.17, 15) is 0 Å². The largest absolute Gasteiger partial charge is 0.494 e. The lowest BCUT2D eigenvalue weighted by atomic mass is 9.67. The number of ether oxygens (including phenoxy) is 2. The Morgan fingerprint density at radius 3 is 1.69 bits per heavy atom. The molecule has 3 aliphatic rings. The van der Waals surface area contributed by atoms with Crippen molar-refractivity contribution >= 4 is 12.6 Å². The second kappa shape index (κ2) is 8.84. The maximum Gasteiger partial charge on any atom is 0.494 e. The van der Waals surface area contributed by atoms with E-state index in [1.165, 1.54) is 27.8 Å². The number of benzene rings is 5. The highest BCUT2D eigenvalue weighted by atomic mass is 16.7. The molecular formula is C37H31BO4. The second-order valence-corrected chi connectivity index (χ2v) is 12.4. The molecule has 0 atom stereocenters. The van der Waals surface area contributed by atoms with Crippen LogP contribution in [0.5, 0.6) is 23.0 Å². The minimum absolute atomic E-state index is 0.425. The van der Waals surface area contributed by atoms with Gasteiger partial charge in [0, 0.05) is 0 Å². The van der Waals surface area contributed by atoms with Crippen LogP contribution in [-0.2, 0) is 14.7 Å². The molecule has 4 nitrogen and oxygen atoms in total. The SMILES string of the molecule is CC1(C)OB(c2ccc3c(c2)Oc2cc4c(cc2O3)-c2ccccc2C4(c2ccccc2)c2ccccc2)OC1(C)C. The van der Waals surface area contributed by atoms with Crippen LogP contribution in [0.15, 0.2) is 115 Å². The molecule has 2 heterocycles. The summed E-state index contributed by atoms with van der Waals surface area (Å²) in [4.78, 5) is 0. The molecule has 0 N–H and O–H groups in total. The molecule has 1 fully saturated rings. The molecule has 0 unspecified atom stereocenters. The van der Waals surface area contributed by atoms with Gasteiger partial charge in [-0.3, -0.25) is 0 Å². The average molecular weight is 550 g/mol. The van der Waals surface area contributed by atoms with Crippen molar-refractivity contribution in [3.8, 4) is 34.1 Å². The summed E-state index contributed by atoms with van der Waals surface area (Å²) < 4.78 is 25.8. The predicted octanol–water partition coefficient (Wildman–Crippen LogP) is 8.25. The van der Waals surface area contributed by atoms with Gasteiger partial charge < -0.3 is 18.8 Å². The van der Waals surface area contributed by atoms with Crippen LogP contribution in [0, 0.1) is 0 Å². The van der Waals surface area contributed by atoms with Gasteiger partial charge in [0.25, 0.3) is 0 Å². The van der Waals surface area contributed by atoms with Crippen molar-refractivity contribution in [1.82, 2.24) is 0 Å². The quantitative estimate of drug-likeness (QED) is 0.208. The maximum atomic E-state index is 6.63. The Hall–Kier alpha value is -4.32. The topological polar surface area (TPSA) is 36.9 Å². The average Bonchev–Trinajstić information content (AvgIpc) is 3.41. The van der Waals surface area contributed by atoms with E-state index in [2.05, 4.69) is 125 Å². The molecule has 0 spiro atoms. The molecule has 5 aromatic rings. The Bertz CT molecular complexity index is 1790. The number of rotatable bonds is 3. The van der Waals surface area contributed by atoms with Crippen LogP contribution in [0.25, 0.3) is 11.1 Å². The summed E-state index contributed by atoms with van der Waals surface area (Å²) in [6, 6.07) is 40.4. The number of hydrogen-bond donors (Lipinski definition) is 0. The highest BCUT2D eigenvalue weighted by molar-refractivity contribution is 6.62. The third-order valence-electron chi connectivity index (χ3n) is 9.46. The highest BCUT2D eigenvalue weighted by Gasteiger charge is 2.52. The van der Waals surface area contributed by atoms with Gasteiger partial charge in [-0.25, -0.2) is 0 Å². The Morgan fingerprint density at radius 2 is 1.02 bits per heavy atom. The van der Waals surface area contributed by atoms with Gasteiger partial charge in [-0.05, 0) is 90.8 Å². The molecule has 1 saturated heterocycles. The zero-order valence-electron chi connectivity index (χ0n) is 24.2. The van der Waals surface area contributed by atoms with Crippen molar-refractivity contribution in [2.75, 3.05) is 0 Å². The highest BCUT2D eigenvalue weighted by Crippen LogP contribution is 2.59. The third kappa shape index (κ3) is 3.50. The molecule has 42 heavy (non-hydrogen) atoms. The van der Waals surface area contributed by atoms with Crippen molar-refractivity contribution < 1.29 is 18.8 Å². The van der Waals surface area contributed by atoms with Crippen molar-refractivity contribution in [2.45, 2.75) is 44.3 Å². The molecular weight excluding hydrogens is 519 g/mol. The van der Waals surface area contributed by atoms with Crippen LogP contribution in [0.1, 0.15) is 49.9 Å². The molecule has 0 radical (unpaired) electrons. The van der Waals surface area contributed by atoms with Gasteiger partial charge in [0.15, 0.2) is 23.0 Å². The molecule has 0 bridgehead atoms. The van der Waals surface area contributed by atoms with Crippen LogP contribution in [0.3, 0.4) is 0 Å². The van der Waals surface area contributed by atoms with Crippen LogP contribution in [0.2, 0.25) is 0 Å². The Labute approximate surface area is 247 Å². The Morgan fingerprint density at radius 1 is 0.476 bits per heavy atom. The van der Waals surface area contributed by atoms with Gasteiger partial charge in [-0.2, -0.15) is 0 Å². The fraction of sp³-hybridized carbons (Fsp3) is 0.189. The Kier molecular flexibility index (Phi) is 5.35. The fourth-order valence-corrected chi connectivity index (χ4v) is 6.66. The van der Waals surface area contributed by atoms with Crippen molar-refractivity contribution in [3.05, 3.63) is 138 Å². The van der Waals surface area contributed by atoms with E-state index in [0.29, 0.717) is 23.0 Å². The molecule has 0 saturated carbocycles. The van der Waals surface area contributed by atoms with E-state index in [-0.39, 0.29) is 0 Å². The van der Waals surface area contributed by atoms with E-state index in [4.69, 9.17) is 18.8 Å².